The molecule has 0 spiro atoms. The minimum atomic E-state index is 0.601. The van der Waals surface area contributed by atoms with E-state index in [2.05, 4.69) is 48.0 Å². The fourth-order valence-electron chi connectivity index (χ4n) is 2.95. The Morgan fingerprint density at radius 2 is 1.83 bits per heavy atom. The highest BCUT2D eigenvalue weighted by Crippen LogP contribution is 2.18. The van der Waals surface area contributed by atoms with Gasteiger partial charge in [-0.3, -0.25) is 0 Å². The average Bonchev–Trinajstić information content (AvgIpc) is 3.02. The lowest BCUT2D eigenvalue weighted by Gasteiger charge is -2.07. The topological polar surface area (TPSA) is 40.2 Å². The van der Waals surface area contributed by atoms with E-state index in [0.717, 1.165) is 30.0 Å². The van der Waals surface area contributed by atoms with Gasteiger partial charge < -0.3 is 13.7 Å². The number of aromatic nitrogens is 2. The maximum absolute atomic E-state index is 5.82. The summed E-state index contributed by atoms with van der Waals surface area (Å²) in [7, 11) is 2.06. The van der Waals surface area contributed by atoms with Gasteiger partial charge in [0.1, 0.15) is 11.5 Å². The second-order valence-corrected chi connectivity index (χ2v) is 6.29. The summed E-state index contributed by atoms with van der Waals surface area (Å²) in [4.78, 5) is 4.36. The van der Waals surface area contributed by atoms with E-state index < -0.39 is 0 Å². The Morgan fingerprint density at radius 3 is 2.42 bits per heavy atom. The molecule has 0 fully saturated rings. The number of oxazole rings is 1. The highest BCUT2D eigenvalue weighted by Gasteiger charge is 2.07. The summed E-state index contributed by atoms with van der Waals surface area (Å²) in [6.07, 6.45) is 6.04. The molecule has 0 bridgehead atoms. The highest BCUT2D eigenvalue weighted by molar-refractivity contribution is 5.33. The third-order valence-electron chi connectivity index (χ3n) is 4.19. The molecule has 2 heterocycles. The Balaban J connectivity index is 1.54. The quantitative estimate of drug-likeness (QED) is 0.684. The van der Waals surface area contributed by atoms with Crippen molar-refractivity contribution in [1.82, 2.24) is 9.55 Å². The summed E-state index contributed by atoms with van der Waals surface area (Å²) in [5.74, 6) is 2.48. The lowest BCUT2D eigenvalue weighted by molar-refractivity contribution is 0.320. The molecule has 0 atom stereocenters. The van der Waals surface area contributed by atoms with Gasteiger partial charge in [0.15, 0.2) is 5.89 Å². The first-order chi connectivity index (χ1) is 11.5. The molecule has 126 valence electrons. The van der Waals surface area contributed by atoms with Gasteiger partial charge in [-0.25, -0.2) is 4.98 Å². The van der Waals surface area contributed by atoms with Crippen LogP contribution in [0.15, 0.2) is 41.1 Å². The zero-order chi connectivity index (χ0) is 17.1. The predicted octanol–water partition coefficient (Wildman–Crippen LogP) is 4.15. The average molecular weight is 324 g/mol. The molecule has 3 rings (SSSR count). The summed E-state index contributed by atoms with van der Waals surface area (Å²) in [5.41, 5.74) is 4.96. The van der Waals surface area contributed by atoms with Crippen LogP contribution in [0.5, 0.6) is 5.75 Å². The van der Waals surface area contributed by atoms with Gasteiger partial charge in [-0.1, -0.05) is 12.1 Å². The maximum atomic E-state index is 5.82. The molecular formula is C20H24N2O2. The van der Waals surface area contributed by atoms with Crippen LogP contribution in [0.4, 0.5) is 0 Å². The van der Waals surface area contributed by atoms with E-state index in [-0.39, 0.29) is 0 Å². The second-order valence-electron chi connectivity index (χ2n) is 6.29. The Labute approximate surface area is 143 Å². The van der Waals surface area contributed by atoms with E-state index in [0.29, 0.717) is 12.5 Å². The van der Waals surface area contributed by atoms with Crippen molar-refractivity contribution in [2.45, 2.75) is 33.6 Å². The smallest absolute Gasteiger partial charge is 0.191 e. The van der Waals surface area contributed by atoms with Crippen LogP contribution in [0.25, 0.3) is 0 Å². The number of benzene rings is 1. The van der Waals surface area contributed by atoms with Crippen molar-refractivity contribution in [3.05, 3.63) is 70.7 Å². The van der Waals surface area contributed by atoms with Gasteiger partial charge in [0.25, 0.3) is 0 Å². The molecule has 0 aliphatic heterocycles. The van der Waals surface area contributed by atoms with Crippen molar-refractivity contribution in [3.63, 3.8) is 0 Å². The molecule has 4 heteroatoms. The summed E-state index contributed by atoms with van der Waals surface area (Å²) >= 11 is 0. The van der Waals surface area contributed by atoms with E-state index >= 15 is 0 Å². The van der Waals surface area contributed by atoms with Gasteiger partial charge in [0.05, 0.1) is 12.3 Å². The van der Waals surface area contributed by atoms with Crippen molar-refractivity contribution < 1.29 is 9.15 Å². The lowest BCUT2D eigenvalue weighted by atomic mass is 10.0. The summed E-state index contributed by atoms with van der Waals surface area (Å²) in [6, 6.07) is 8.34. The molecule has 3 aromatic rings. The van der Waals surface area contributed by atoms with E-state index in [1.54, 1.807) is 0 Å². The number of hydrogen-bond acceptors (Lipinski definition) is 3. The largest absolute Gasteiger partial charge is 0.493 e. The minimum absolute atomic E-state index is 0.601. The number of nitrogens with zero attached hydrogens (tertiary/aromatic N) is 2. The molecule has 0 radical (unpaired) electrons. The number of rotatable bonds is 6. The van der Waals surface area contributed by atoms with Gasteiger partial charge in [0, 0.05) is 32.8 Å². The van der Waals surface area contributed by atoms with Crippen LogP contribution in [-0.4, -0.2) is 16.2 Å². The fraction of sp³-hybridized carbons (Fsp3) is 0.350. The molecule has 0 saturated heterocycles. The Kier molecular flexibility index (Phi) is 4.74. The van der Waals surface area contributed by atoms with Crippen LogP contribution in [0.1, 0.15) is 34.0 Å². The standard InChI is InChI=1S/C20H24N2O2/c1-14-12-22(4)13-18(14)11-17-5-7-19(8-6-17)23-10-9-20-15(2)24-16(3)21-20/h5-8,12-13H,9-11H2,1-4H3. The number of aryl methyl sites for hydroxylation is 4. The molecular weight excluding hydrogens is 300 g/mol. The van der Waals surface area contributed by atoms with E-state index in [1.165, 1.54) is 16.7 Å². The number of hydrogen-bond donors (Lipinski definition) is 0. The predicted molar refractivity (Wildman–Crippen MR) is 94.6 cm³/mol. The third-order valence-corrected chi connectivity index (χ3v) is 4.19. The van der Waals surface area contributed by atoms with E-state index in [1.807, 2.05) is 26.0 Å². The third kappa shape index (κ3) is 3.88. The first-order valence-corrected chi connectivity index (χ1v) is 8.27. The fourth-order valence-corrected chi connectivity index (χ4v) is 2.95. The molecule has 1 aromatic carbocycles. The molecule has 0 aliphatic rings. The molecule has 0 N–H and O–H groups in total. The van der Waals surface area contributed by atoms with E-state index in [4.69, 9.17) is 9.15 Å². The highest BCUT2D eigenvalue weighted by atomic mass is 16.5. The molecule has 0 saturated carbocycles. The SMILES string of the molecule is Cc1nc(CCOc2ccc(Cc3cn(C)cc3C)cc2)c(C)o1. The minimum Gasteiger partial charge on any atom is -0.493 e. The van der Waals surface area contributed by atoms with Gasteiger partial charge in [-0.15, -0.1) is 0 Å². The van der Waals surface area contributed by atoms with Crippen LogP contribution >= 0.6 is 0 Å². The zero-order valence-electron chi connectivity index (χ0n) is 14.8. The van der Waals surface area contributed by atoms with Gasteiger partial charge in [0.2, 0.25) is 0 Å². The van der Waals surface area contributed by atoms with E-state index in [9.17, 15) is 0 Å². The Morgan fingerprint density at radius 1 is 1.08 bits per heavy atom. The first-order valence-electron chi connectivity index (χ1n) is 8.27. The monoisotopic (exact) mass is 324 g/mol. The van der Waals surface area contributed by atoms with Crippen LogP contribution in [0.3, 0.4) is 0 Å². The first kappa shape index (κ1) is 16.4. The molecule has 0 amide bonds. The van der Waals surface area contributed by atoms with Gasteiger partial charge in [-0.2, -0.15) is 0 Å². The molecule has 2 aromatic heterocycles. The molecule has 0 aliphatic carbocycles. The molecule has 0 unspecified atom stereocenters. The number of ether oxygens (including phenoxy) is 1. The van der Waals surface area contributed by atoms with Crippen molar-refractivity contribution in [2.75, 3.05) is 6.61 Å². The van der Waals surface area contributed by atoms with Gasteiger partial charge >= 0.3 is 0 Å². The summed E-state index contributed by atoms with van der Waals surface area (Å²) < 4.78 is 13.4. The van der Waals surface area contributed by atoms with Crippen LogP contribution in [-0.2, 0) is 19.9 Å². The van der Waals surface area contributed by atoms with Crippen molar-refractivity contribution >= 4 is 0 Å². The Hall–Kier alpha value is -2.49. The normalized spacial score (nSPS) is 11.0. The van der Waals surface area contributed by atoms with Gasteiger partial charge in [-0.05, 0) is 49.1 Å². The summed E-state index contributed by atoms with van der Waals surface area (Å²) in [6.45, 7) is 6.56. The van der Waals surface area contributed by atoms with Crippen LogP contribution < -0.4 is 4.74 Å². The maximum Gasteiger partial charge on any atom is 0.191 e. The lowest BCUT2D eigenvalue weighted by Crippen LogP contribution is -2.02. The molecule has 4 nitrogen and oxygen atoms in total. The van der Waals surface area contributed by atoms with Crippen molar-refractivity contribution in [1.29, 1.82) is 0 Å². The summed E-state index contributed by atoms with van der Waals surface area (Å²) in [5, 5.41) is 0. The molecule has 24 heavy (non-hydrogen) atoms. The second kappa shape index (κ2) is 6.95. The van der Waals surface area contributed by atoms with Crippen molar-refractivity contribution in [3.8, 4) is 5.75 Å². The van der Waals surface area contributed by atoms with Crippen molar-refractivity contribution in [2.24, 2.45) is 7.05 Å². The zero-order valence-corrected chi connectivity index (χ0v) is 14.8. The van der Waals surface area contributed by atoms with Crippen LogP contribution in [0.2, 0.25) is 0 Å². The Bertz CT molecular complexity index is 813. The van der Waals surface area contributed by atoms with Crippen LogP contribution in [0, 0.1) is 20.8 Å².